The third-order valence-electron chi connectivity index (χ3n) is 6.54. The van der Waals surface area contributed by atoms with Crippen LogP contribution in [0.3, 0.4) is 0 Å². The molecule has 3 rings (SSSR count). The molecule has 0 N–H and O–H groups in total. The van der Waals surface area contributed by atoms with Crippen LogP contribution in [-0.4, -0.2) is 86.7 Å². The van der Waals surface area contributed by atoms with Gasteiger partial charge in [0.05, 0.1) is 7.11 Å². The maximum atomic E-state index is 13.7. The predicted molar refractivity (Wildman–Crippen MR) is 137 cm³/mol. The van der Waals surface area contributed by atoms with Gasteiger partial charge in [0.25, 0.3) is 0 Å². The normalized spacial score (nSPS) is 18.5. The first-order valence-corrected chi connectivity index (χ1v) is 12.5. The molecule has 0 aromatic heterocycles. The van der Waals surface area contributed by atoms with Gasteiger partial charge in [-0.25, -0.2) is 0 Å². The molecule has 4 amide bonds. The lowest BCUT2D eigenvalue weighted by Gasteiger charge is -2.45. The van der Waals surface area contributed by atoms with Gasteiger partial charge in [-0.15, -0.1) is 0 Å². The standard InChI is InChI=1S/C24H30N4O5S2/c1-6-25-19(29)17(20(30)26(7-2)23(25)34)16(14-10-12-15(33-5)13-11-14)18-21(31)27(8-3)24(35)28(9-4)22(18)32/h10-13,16-18H,6-9H2,1-5H3. The third-order valence-corrected chi connectivity index (χ3v) is 7.42. The highest BCUT2D eigenvalue weighted by molar-refractivity contribution is 7.80. The Bertz CT molecular complexity index is 948. The zero-order valence-electron chi connectivity index (χ0n) is 20.5. The molecule has 2 aliphatic heterocycles. The Morgan fingerprint density at radius 3 is 1.26 bits per heavy atom. The minimum atomic E-state index is -1.31. The fourth-order valence-electron chi connectivity index (χ4n) is 4.73. The van der Waals surface area contributed by atoms with Crippen LogP contribution in [0, 0.1) is 11.8 Å². The molecule has 0 radical (unpaired) electrons. The Morgan fingerprint density at radius 2 is 1.00 bits per heavy atom. The van der Waals surface area contributed by atoms with E-state index in [0.717, 1.165) is 0 Å². The summed E-state index contributed by atoms with van der Waals surface area (Å²) in [5, 5.41) is 0.255. The molecule has 2 aliphatic rings. The van der Waals surface area contributed by atoms with E-state index in [4.69, 9.17) is 29.2 Å². The molecule has 9 nitrogen and oxygen atoms in total. The number of rotatable bonds is 8. The molecule has 188 valence electrons. The first-order chi connectivity index (χ1) is 16.7. The SMILES string of the molecule is CCN1C(=O)C(C(c2ccc(OC)cc2)C2C(=O)N(CC)C(=S)N(CC)C2=O)C(=O)N(CC)C1=S. The van der Waals surface area contributed by atoms with E-state index in [9.17, 15) is 19.2 Å². The molecular weight excluding hydrogens is 488 g/mol. The van der Waals surface area contributed by atoms with Crippen molar-refractivity contribution >= 4 is 58.3 Å². The Hall–Kier alpha value is -2.92. The summed E-state index contributed by atoms with van der Waals surface area (Å²) in [6.07, 6.45) is 0. The van der Waals surface area contributed by atoms with E-state index < -0.39 is 41.4 Å². The number of thiocarbonyl (C=S) groups is 2. The highest BCUT2D eigenvalue weighted by Gasteiger charge is 2.55. The maximum absolute atomic E-state index is 13.7. The molecule has 0 bridgehead atoms. The number of ether oxygens (including phenoxy) is 1. The van der Waals surface area contributed by atoms with E-state index in [1.165, 1.54) is 26.7 Å². The van der Waals surface area contributed by atoms with Crippen molar-refractivity contribution < 1.29 is 23.9 Å². The van der Waals surface area contributed by atoms with Gasteiger partial charge >= 0.3 is 0 Å². The highest BCUT2D eigenvalue weighted by Crippen LogP contribution is 2.41. The third kappa shape index (κ3) is 4.42. The van der Waals surface area contributed by atoms with Crippen molar-refractivity contribution in [1.82, 2.24) is 19.6 Å². The Kier molecular flexibility index (Phi) is 8.22. The summed E-state index contributed by atoms with van der Waals surface area (Å²) >= 11 is 10.8. The van der Waals surface area contributed by atoms with Gasteiger partial charge in [-0.1, -0.05) is 12.1 Å². The fourth-order valence-corrected chi connectivity index (χ4v) is 5.61. The summed E-state index contributed by atoms with van der Waals surface area (Å²) in [5.41, 5.74) is 0.504. The second-order valence-electron chi connectivity index (χ2n) is 8.15. The van der Waals surface area contributed by atoms with Crippen LogP contribution in [0.2, 0.25) is 0 Å². The van der Waals surface area contributed by atoms with Crippen LogP contribution in [0.15, 0.2) is 24.3 Å². The number of nitrogens with zero attached hydrogens (tertiary/aromatic N) is 4. The predicted octanol–water partition coefficient (Wildman–Crippen LogP) is 2.00. The average molecular weight is 519 g/mol. The summed E-state index contributed by atoms with van der Waals surface area (Å²) in [6.45, 7) is 8.08. The van der Waals surface area contributed by atoms with Gasteiger partial charge in [0.1, 0.15) is 17.6 Å². The van der Waals surface area contributed by atoms with Gasteiger partial charge in [-0.2, -0.15) is 0 Å². The number of amides is 4. The Balaban J connectivity index is 2.25. The maximum Gasteiger partial charge on any atom is 0.242 e. The summed E-state index contributed by atoms with van der Waals surface area (Å²) in [4.78, 5) is 60.2. The second-order valence-corrected chi connectivity index (χ2v) is 8.88. The molecule has 1 aromatic carbocycles. The number of benzene rings is 1. The van der Waals surface area contributed by atoms with E-state index in [1.54, 1.807) is 52.0 Å². The van der Waals surface area contributed by atoms with Gasteiger partial charge in [0.15, 0.2) is 10.2 Å². The van der Waals surface area contributed by atoms with E-state index >= 15 is 0 Å². The summed E-state index contributed by atoms with van der Waals surface area (Å²) in [5.74, 6) is -5.19. The molecule has 2 fully saturated rings. The van der Waals surface area contributed by atoms with E-state index in [-0.39, 0.29) is 36.4 Å². The lowest BCUT2D eigenvalue weighted by atomic mass is 9.73. The largest absolute Gasteiger partial charge is 0.497 e. The summed E-state index contributed by atoms with van der Waals surface area (Å²) in [7, 11) is 1.52. The van der Waals surface area contributed by atoms with Gasteiger partial charge < -0.3 is 4.74 Å². The van der Waals surface area contributed by atoms with Crippen LogP contribution in [0.4, 0.5) is 0 Å². The molecule has 0 atom stereocenters. The quantitative estimate of drug-likeness (QED) is 0.384. The number of hydrogen-bond acceptors (Lipinski definition) is 7. The lowest BCUT2D eigenvalue weighted by molar-refractivity contribution is -0.153. The molecule has 0 saturated carbocycles. The first-order valence-electron chi connectivity index (χ1n) is 11.7. The van der Waals surface area contributed by atoms with Crippen LogP contribution in [0.1, 0.15) is 39.2 Å². The molecular formula is C24H30N4O5S2. The number of methoxy groups -OCH3 is 1. The number of carbonyl (C=O) groups excluding carboxylic acids is 4. The average Bonchev–Trinajstić information content (AvgIpc) is 2.84. The minimum Gasteiger partial charge on any atom is -0.497 e. The zero-order valence-corrected chi connectivity index (χ0v) is 22.1. The molecule has 2 heterocycles. The summed E-state index contributed by atoms with van der Waals surface area (Å²) in [6, 6.07) is 6.72. The topological polar surface area (TPSA) is 90.5 Å². The second kappa shape index (κ2) is 10.8. The smallest absolute Gasteiger partial charge is 0.242 e. The van der Waals surface area contributed by atoms with Crippen molar-refractivity contribution in [1.29, 1.82) is 0 Å². The Labute approximate surface area is 216 Å². The number of hydrogen-bond donors (Lipinski definition) is 0. The van der Waals surface area contributed by atoms with Crippen LogP contribution >= 0.6 is 24.4 Å². The van der Waals surface area contributed by atoms with E-state index in [2.05, 4.69) is 0 Å². The Morgan fingerprint density at radius 1 is 0.686 bits per heavy atom. The van der Waals surface area contributed by atoms with Gasteiger partial charge in [0, 0.05) is 32.1 Å². The molecule has 2 saturated heterocycles. The van der Waals surface area contributed by atoms with E-state index in [1.807, 2.05) is 0 Å². The molecule has 0 aliphatic carbocycles. The van der Waals surface area contributed by atoms with Crippen molar-refractivity contribution in [3.05, 3.63) is 29.8 Å². The number of carbonyl (C=O) groups is 4. The minimum absolute atomic E-state index is 0.127. The van der Waals surface area contributed by atoms with Crippen LogP contribution < -0.4 is 4.74 Å². The van der Waals surface area contributed by atoms with Gasteiger partial charge in [-0.05, 0) is 69.8 Å². The van der Waals surface area contributed by atoms with Gasteiger partial charge in [-0.3, -0.25) is 38.8 Å². The van der Waals surface area contributed by atoms with Gasteiger partial charge in [0.2, 0.25) is 23.6 Å². The molecule has 11 heteroatoms. The fraction of sp³-hybridized carbons (Fsp3) is 0.500. The molecule has 0 unspecified atom stereocenters. The van der Waals surface area contributed by atoms with Crippen molar-refractivity contribution in [3.63, 3.8) is 0 Å². The zero-order chi connectivity index (χ0) is 26.0. The van der Waals surface area contributed by atoms with Crippen molar-refractivity contribution in [3.8, 4) is 5.75 Å². The molecule has 0 spiro atoms. The van der Waals surface area contributed by atoms with Crippen LogP contribution in [0.5, 0.6) is 5.75 Å². The lowest BCUT2D eigenvalue weighted by Crippen LogP contribution is -2.65. The highest BCUT2D eigenvalue weighted by atomic mass is 32.1. The monoisotopic (exact) mass is 518 g/mol. The first kappa shape index (κ1) is 26.7. The summed E-state index contributed by atoms with van der Waals surface area (Å²) < 4.78 is 5.26. The molecule has 35 heavy (non-hydrogen) atoms. The van der Waals surface area contributed by atoms with Crippen LogP contribution in [0.25, 0.3) is 0 Å². The van der Waals surface area contributed by atoms with E-state index in [0.29, 0.717) is 11.3 Å². The van der Waals surface area contributed by atoms with Crippen molar-refractivity contribution in [2.45, 2.75) is 33.6 Å². The van der Waals surface area contributed by atoms with Crippen molar-refractivity contribution in [2.24, 2.45) is 11.8 Å². The molecule has 1 aromatic rings. The van der Waals surface area contributed by atoms with Crippen LogP contribution in [-0.2, 0) is 19.2 Å². The van der Waals surface area contributed by atoms with Crippen molar-refractivity contribution in [2.75, 3.05) is 33.3 Å².